The van der Waals surface area contributed by atoms with Gasteiger partial charge in [-0.1, -0.05) is 11.6 Å². The monoisotopic (exact) mass is 287 g/mol. The Hall–Kier alpha value is -1.01. The van der Waals surface area contributed by atoms with E-state index in [4.69, 9.17) is 11.6 Å². The van der Waals surface area contributed by atoms with Crippen molar-refractivity contribution in [2.75, 3.05) is 18.8 Å². The van der Waals surface area contributed by atoms with Gasteiger partial charge in [0.25, 0.3) is 5.91 Å². The number of aromatic nitrogens is 2. The Morgan fingerprint density at radius 2 is 2.28 bits per heavy atom. The Kier molecular flexibility index (Phi) is 3.68. The number of amides is 1. The zero-order chi connectivity index (χ0) is 13.3. The van der Waals surface area contributed by atoms with Gasteiger partial charge in [-0.3, -0.25) is 9.00 Å². The molecule has 5 nitrogen and oxygen atoms in total. The van der Waals surface area contributed by atoms with E-state index in [1.807, 2.05) is 13.8 Å². The number of nitrogens with zero attached hydrogens (tertiary/aromatic N) is 3. The van der Waals surface area contributed by atoms with E-state index in [0.29, 0.717) is 18.8 Å². The average molecular weight is 288 g/mol. The predicted molar refractivity (Wildman–Crippen MR) is 70.0 cm³/mol. The van der Waals surface area contributed by atoms with E-state index in [0.717, 1.165) is 0 Å². The predicted octanol–water partition coefficient (Wildman–Crippen LogP) is 1.11. The second-order valence-corrected chi connectivity index (χ2v) is 7.37. The molecule has 0 aromatic carbocycles. The van der Waals surface area contributed by atoms with Crippen LogP contribution in [0.25, 0.3) is 0 Å². The minimum atomic E-state index is -0.909. The highest BCUT2D eigenvalue weighted by atomic mass is 35.5. The molecule has 0 aliphatic carbocycles. The molecule has 0 unspecified atom stereocenters. The van der Waals surface area contributed by atoms with E-state index in [1.165, 1.54) is 12.5 Å². The van der Waals surface area contributed by atoms with Crippen molar-refractivity contribution >= 4 is 28.3 Å². The van der Waals surface area contributed by atoms with Gasteiger partial charge >= 0.3 is 0 Å². The molecule has 18 heavy (non-hydrogen) atoms. The third-order valence-electron chi connectivity index (χ3n) is 2.89. The Bertz CT molecular complexity index is 507. The van der Waals surface area contributed by atoms with E-state index in [9.17, 15) is 9.00 Å². The summed E-state index contributed by atoms with van der Waals surface area (Å²) in [7, 11) is -0.909. The van der Waals surface area contributed by atoms with Gasteiger partial charge < -0.3 is 4.90 Å². The zero-order valence-corrected chi connectivity index (χ0v) is 11.8. The van der Waals surface area contributed by atoms with Crippen LogP contribution in [0.15, 0.2) is 12.5 Å². The van der Waals surface area contributed by atoms with Gasteiger partial charge in [-0.15, -0.1) is 0 Å². The Morgan fingerprint density at radius 3 is 2.89 bits per heavy atom. The van der Waals surface area contributed by atoms with Gasteiger partial charge in [0, 0.05) is 35.8 Å². The molecule has 2 rings (SSSR count). The highest BCUT2D eigenvalue weighted by Crippen LogP contribution is 2.22. The third-order valence-corrected chi connectivity index (χ3v) is 5.08. The second-order valence-electron chi connectivity index (χ2n) is 4.76. The molecule has 0 spiro atoms. The summed E-state index contributed by atoms with van der Waals surface area (Å²) in [4.78, 5) is 21.6. The quantitative estimate of drug-likeness (QED) is 0.776. The highest BCUT2D eigenvalue weighted by Gasteiger charge is 2.36. The van der Waals surface area contributed by atoms with Gasteiger partial charge in [0.15, 0.2) is 0 Å². The molecule has 0 saturated carbocycles. The SMILES string of the molecule is CC1(C)CN(C(=O)c2ncncc2Cl)CC[S@]1=O. The lowest BCUT2D eigenvalue weighted by Crippen LogP contribution is -2.52. The molecule has 1 aromatic rings. The van der Waals surface area contributed by atoms with E-state index < -0.39 is 15.5 Å². The first-order chi connectivity index (χ1) is 8.42. The fraction of sp³-hybridized carbons (Fsp3) is 0.545. The first-order valence-electron chi connectivity index (χ1n) is 5.55. The van der Waals surface area contributed by atoms with Gasteiger partial charge in [-0.25, -0.2) is 9.97 Å². The fourth-order valence-electron chi connectivity index (χ4n) is 1.87. The minimum Gasteiger partial charge on any atom is -0.335 e. The molecular weight excluding hydrogens is 274 g/mol. The van der Waals surface area contributed by atoms with E-state index in [2.05, 4.69) is 9.97 Å². The summed E-state index contributed by atoms with van der Waals surface area (Å²) in [5.74, 6) is 0.258. The third kappa shape index (κ3) is 2.54. The van der Waals surface area contributed by atoms with Gasteiger partial charge in [-0.2, -0.15) is 0 Å². The summed E-state index contributed by atoms with van der Waals surface area (Å²) in [6, 6.07) is 0. The standard InChI is InChI=1S/C11H14ClN3O2S/c1-11(2)6-15(3-4-18(11)17)10(16)9-8(12)5-13-7-14-9/h5,7H,3-4,6H2,1-2H3/t18-/m1/s1. The summed E-state index contributed by atoms with van der Waals surface area (Å²) in [5.41, 5.74) is 0.204. The maximum Gasteiger partial charge on any atom is 0.274 e. The summed E-state index contributed by atoms with van der Waals surface area (Å²) < 4.78 is 11.4. The average Bonchev–Trinajstić information content (AvgIpc) is 2.32. The first kappa shape index (κ1) is 13.4. The molecule has 98 valence electrons. The largest absolute Gasteiger partial charge is 0.335 e. The molecule has 1 fully saturated rings. The molecule has 0 bridgehead atoms. The van der Waals surface area contributed by atoms with Gasteiger partial charge in [-0.05, 0) is 13.8 Å². The maximum absolute atomic E-state index is 12.3. The fourth-order valence-corrected chi connectivity index (χ4v) is 3.30. The number of halogens is 1. The number of hydrogen-bond donors (Lipinski definition) is 0. The van der Waals surface area contributed by atoms with Crippen molar-refractivity contribution in [2.24, 2.45) is 0 Å². The van der Waals surface area contributed by atoms with Crippen molar-refractivity contribution in [2.45, 2.75) is 18.6 Å². The van der Waals surface area contributed by atoms with Crippen LogP contribution in [-0.2, 0) is 10.8 Å². The first-order valence-corrected chi connectivity index (χ1v) is 7.25. The van der Waals surface area contributed by atoms with E-state index in [1.54, 1.807) is 4.90 Å². The normalized spacial score (nSPS) is 22.8. The summed E-state index contributed by atoms with van der Waals surface area (Å²) in [6.45, 7) is 4.70. The summed E-state index contributed by atoms with van der Waals surface area (Å²) in [6.07, 6.45) is 2.70. The lowest BCUT2D eigenvalue weighted by atomic mass is 10.1. The molecule has 2 heterocycles. The van der Waals surface area contributed by atoms with Crippen LogP contribution in [0.3, 0.4) is 0 Å². The molecular formula is C11H14ClN3O2S. The number of carbonyl (C=O) groups is 1. The van der Waals surface area contributed by atoms with Crippen molar-refractivity contribution in [3.8, 4) is 0 Å². The molecule has 1 aromatic heterocycles. The van der Waals surface area contributed by atoms with Gasteiger partial charge in [0.05, 0.1) is 9.77 Å². The molecule has 0 radical (unpaired) electrons. The van der Waals surface area contributed by atoms with Crippen molar-refractivity contribution in [1.82, 2.24) is 14.9 Å². The molecule has 0 N–H and O–H groups in total. The number of hydrogen-bond acceptors (Lipinski definition) is 4. The topological polar surface area (TPSA) is 63.2 Å². The van der Waals surface area contributed by atoms with Gasteiger partial charge in [0.1, 0.15) is 12.0 Å². The highest BCUT2D eigenvalue weighted by molar-refractivity contribution is 7.86. The molecule has 1 amide bonds. The van der Waals surface area contributed by atoms with Crippen LogP contribution in [0.2, 0.25) is 5.02 Å². The van der Waals surface area contributed by atoms with Crippen molar-refractivity contribution in [3.05, 3.63) is 23.2 Å². The zero-order valence-electron chi connectivity index (χ0n) is 10.2. The Balaban J connectivity index is 2.21. The summed E-state index contributed by atoms with van der Waals surface area (Å²) in [5, 5.41) is 0.243. The van der Waals surface area contributed by atoms with Gasteiger partial charge in [0.2, 0.25) is 0 Å². The Morgan fingerprint density at radius 1 is 1.56 bits per heavy atom. The van der Waals surface area contributed by atoms with Crippen LogP contribution in [0, 0.1) is 0 Å². The number of carbonyl (C=O) groups excluding carboxylic acids is 1. The van der Waals surface area contributed by atoms with Crippen LogP contribution in [0.1, 0.15) is 24.3 Å². The van der Waals surface area contributed by atoms with Crippen LogP contribution in [0.5, 0.6) is 0 Å². The smallest absolute Gasteiger partial charge is 0.274 e. The molecule has 1 aliphatic heterocycles. The lowest BCUT2D eigenvalue weighted by molar-refractivity contribution is 0.0740. The lowest BCUT2D eigenvalue weighted by Gasteiger charge is -2.37. The maximum atomic E-state index is 12.3. The molecule has 1 aliphatic rings. The van der Waals surface area contributed by atoms with E-state index >= 15 is 0 Å². The molecule has 1 atom stereocenters. The van der Waals surface area contributed by atoms with Crippen LogP contribution in [0.4, 0.5) is 0 Å². The van der Waals surface area contributed by atoms with Crippen molar-refractivity contribution in [3.63, 3.8) is 0 Å². The van der Waals surface area contributed by atoms with Crippen LogP contribution >= 0.6 is 11.6 Å². The summed E-state index contributed by atoms with van der Waals surface area (Å²) >= 11 is 5.91. The molecule has 7 heteroatoms. The van der Waals surface area contributed by atoms with Crippen LogP contribution < -0.4 is 0 Å². The van der Waals surface area contributed by atoms with Crippen molar-refractivity contribution < 1.29 is 9.00 Å². The second kappa shape index (κ2) is 4.93. The Labute approximate surface area is 113 Å². The van der Waals surface area contributed by atoms with Crippen molar-refractivity contribution in [1.29, 1.82) is 0 Å². The molecule has 1 saturated heterocycles. The minimum absolute atomic E-state index is 0.204. The van der Waals surface area contributed by atoms with Crippen LogP contribution in [-0.4, -0.2) is 48.6 Å². The van der Waals surface area contributed by atoms with E-state index in [-0.39, 0.29) is 16.6 Å². The number of rotatable bonds is 1.